The maximum absolute atomic E-state index is 5.72. The first-order valence-corrected chi connectivity index (χ1v) is 8.37. The molecule has 22 heavy (non-hydrogen) atoms. The molecule has 0 aromatic heterocycles. The van der Waals surface area contributed by atoms with Crippen molar-refractivity contribution in [1.29, 1.82) is 0 Å². The van der Waals surface area contributed by atoms with Crippen LogP contribution in [-0.2, 0) is 6.42 Å². The topological polar surface area (TPSA) is 29.3 Å². The van der Waals surface area contributed by atoms with Gasteiger partial charge in [0.25, 0.3) is 0 Å². The largest absolute Gasteiger partial charge is 0.374 e. The number of anilines is 1. The van der Waals surface area contributed by atoms with E-state index >= 15 is 0 Å². The fourth-order valence-electron chi connectivity index (χ4n) is 3.50. The first kappa shape index (κ1) is 15.1. The molecule has 0 saturated carbocycles. The van der Waals surface area contributed by atoms with Crippen molar-refractivity contribution < 1.29 is 0 Å². The molecule has 1 heterocycles. The van der Waals surface area contributed by atoms with E-state index in [-0.39, 0.29) is 0 Å². The minimum atomic E-state index is 0.590. The summed E-state index contributed by atoms with van der Waals surface area (Å²) in [6.45, 7) is 4.14. The van der Waals surface area contributed by atoms with Gasteiger partial charge in [0.1, 0.15) is 0 Å². The molecule has 2 N–H and O–H groups in total. The van der Waals surface area contributed by atoms with Crippen LogP contribution in [0.25, 0.3) is 11.1 Å². The zero-order valence-electron chi connectivity index (χ0n) is 13.7. The van der Waals surface area contributed by atoms with Crippen molar-refractivity contribution in [2.75, 3.05) is 25.0 Å². The van der Waals surface area contributed by atoms with Crippen molar-refractivity contribution in [2.24, 2.45) is 5.73 Å². The molecule has 0 fully saturated rings. The van der Waals surface area contributed by atoms with Crippen LogP contribution in [0.15, 0.2) is 42.5 Å². The smallest absolute Gasteiger partial charge is 0.0397 e. The highest BCUT2D eigenvalue weighted by atomic mass is 15.1. The molecule has 2 aromatic carbocycles. The van der Waals surface area contributed by atoms with Gasteiger partial charge in [-0.25, -0.2) is 0 Å². The van der Waals surface area contributed by atoms with E-state index in [9.17, 15) is 0 Å². The predicted octanol–water partition coefficient (Wildman–Crippen LogP) is 4.19. The zero-order chi connectivity index (χ0) is 15.5. The van der Waals surface area contributed by atoms with E-state index in [0.717, 1.165) is 32.4 Å². The molecule has 0 aliphatic carbocycles. The van der Waals surface area contributed by atoms with Gasteiger partial charge in [0.15, 0.2) is 0 Å². The third-order valence-corrected chi connectivity index (χ3v) is 4.93. The maximum Gasteiger partial charge on any atom is 0.0397 e. The average molecular weight is 294 g/mol. The molecule has 1 aliphatic heterocycles. The monoisotopic (exact) mass is 294 g/mol. The number of rotatable bonds is 5. The second-order valence-electron chi connectivity index (χ2n) is 6.32. The first-order valence-electron chi connectivity index (χ1n) is 8.37. The molecule has 0 bridgehead atoms. The van der Waals surface area contributed by atoms with Gasteiger partial charge >= 0.3 is 0 Å². The Hall–Kier alpha value is -1.80. The van der Waals surface area contributed by atoms with Gasteiger partial charge in [0.05, 0.1) is 0 Å². The van der Waals surface area contributed by atoms with Crippen LogP contribution < -0.4 is 10.6 Å². The Morgan fingerprint density at radius 2 is 1.82 bits per heavy atom. The van der Waals surface area contributed by atoms with Gasteiger partial charge in [-0.2, -0.15) is 0 Å². The van der Waals surface area contributed by atoms with E-state index in [4.69, 9.17) is 5.73 Å². The standard InChI is InChI=1S/C20H26N2/c1-3-15(10-12-21)16-4-6-17(7-5-16)18-8-9-20-19(14-18)11-13-22(20)2/h4-9,14-15H,3,10-13,21H2,1-2H3. The Morgan fingerprint density at radius 1 is 1.09 bits per heavy atom. The van der Waals surface area contributed by atoms with Gasteiger partial charge in [0.2, 0.25) is 0 Å². The fourth-order valence-corrected chi connectivity index (χ4v) is 3.50. The van der Waals surface area contributed by atoms with Crippen LogP contribution >= 0.6 is 0 Å². The van der Waals surface area contributed by atoms with Crippen molar-refractivity contribution in [3.8, 4) is 11.1 Å². The number of hydrogen-bond donors (Lipinski definition) is 1. The highest BCUT2D eigenvalue weighted by Gasteiger charge is 2.16. The van der Waals surface area contributed by atoms with Crippen LogP contribution in [-0.4, -0.2) is 20.1 Å². The molecular weight excluding hydrogens is 268 g/mol. The minimum Gasteiger partial charge on any atom is -0.374 e. The van der Waals surface area contributed by atoms with Crippen molar-refractivity contribution in [1.82, 2.24) is 0 Å². The highest BCUT2D eigenvalue weighted by molar-refractivity contribution is 5.70. The number of likely N-dealkylation sites (N-methyl/N-ethyl adjacent to an activating group) is 1. The molecule has 0 radical (unpaired) electrons. The molecule has 2 heteroatoms. The molecule has 2 aromatic rings. The minimum absolute atomic E-state index is 0.590. The molecular formula is C20H26N2. The Morgan fingerprint density at radius 3 is 2.50 bits per heavy atom. The Balaban J connectivity index is 1.84. The van der Waals surface area contributed by atoms with Crippen LogP contribution in [0.2, 0.25) is 0 Å². The van der Waals surface area contributed by atoms with E-state index in [1.54, 1.807) is 0 Å². The quantitative estimate of drug-likeness (QED) is 0.896. The van der Waals surface area contributed by atoms with Gasteiger partial charge in [-0.1, -0.05) is 37.3 Å². The van der Waals surface area contributed by atoms with E-state index < -0.39 is 0 Å². The van der Waals surface area contributed by atoms with E-state index in [1.165, 1.54) is 27.9 Å². The summed E-state index contributed by atoms with van der Waals surface area (Å²) in [4.78, 5) is 2.33. The molecule has 0 spiro atoms. The predicted molar refractivity (Wildman–Crippen MR) is 95.6 cm³/mol. The van der Waals surface area contributed by atoms with E-state index in [1.807, 2.05) is 0 Å². The molecule has 1 aliphatic rings. The molecule has 0 amide bonds. The summed E-state index contributed by atoms with van der Waals surface area (Å²) in [5.41, 5.74) is 12.6. The third kappa shape index (κ3) is 2.89. The van der Waals surface area contributed by atoms with Crippen LogP contribution in [0, 0.1) is 0 Å². The molecule has 3 rings (SSSR count). The van der Waals surface area contributed by atoms with Crippen molar-refractivity contribution >= 4 is 5.69 Å². The lowest BCUT2D eigenvalue weighted by Crippen LogP contribution is -2.12. The Bertz CT molecular complexity index is 631. The number of benzene rings is 2. The number of fused-ring (bicyclic) bond motifs is 1. The summed E-state index contributed by atoms with van der Waals surface area (Å²) in [6, 6.07) is 15.9. The first-order chi connectivity index (χ1) is 10.7. The number of nitrogens with two attached hydrogens (primary N) is 1. The lowest BCUT2D eigenvalue weighted by atomic mass is 9.91. The molecule has 0 saturated heterocycles. The summed E-state index contributed by atoms with van der Waals surface area (Å²) in [6.07, 6.45) is 3.38. The number of nitrogens with zero attached hydrogens (tertiary/aromatic N) is 1. The summed E-state index contributed by atoms with van der Waals surface area (Å²) < 4.78 is 0. The molecule has 116 valence electrons. The average Bonchev–Trinajstić information content (AvgIpc) is 2.93. The number of hydrogen-bond acceptors (Lipinski definition) is 2. The Kier molecular flexibility index (Phi) is 4.49. The van der Waals surface area contributed by atoms with Crippen molar-refractivity contribution in [2.45, 2.75) is 32.1 Å². The maximum atomic E-state index is 5.72. The van der Waals surface area contributed by atoms with Crippen LogP contribution in [0.4, 0.5) is 5.69 Å². The molecule has 1 atom stereocenters. The SMILES string of the molecule is CCC(CCN)c1ccc(-c2ccc3c(c2)CCN3C)cc1. The normalized spacial score (nSPS) is 15.0. The molecule has 1 unspecified atom stereocenters. The third-order valence-electron chi connectivity index (χ3n) is 4.93. The fraction of sp³-hybridized carbons (Fsp3) is 0.400. The zero-order valence-corrected chi connectivity index (χ0v) is 13.7. The van der Waals surface area contributed by atoms with E-state index in [0.29, 0.717) is 5.92 Å². The van der Waals surface area contributed by atoms with Crippen molar-refractivity contribution in [3.05, 3.63) is 53.6 Å². The van der Waals surface area contributed by atoms with Crippen molar-refractivity contribution in [3.63, 3.8) is 0 Å². The lowest BCUT2D eigenvalue weighted by molar-refractivity contribution is 0.614. The van der Waals surface area contributed by atoms with Gasteiger partial charge in [0, 0.05) is 19.3 Å². The lowest BCUT2D eigenvalue weighted by Gasteiger charge is -2.15. The van der Waals surface area contributed by atoms with Crippen LogP contribution in [0.1, 0.15) is 36.8 Å². The van der Waals surface area contributed by atoms with Crippen LogP contribution in [0.3, 0.4) is 0 Å². The second-order valence-corrected chi connectivity index (χ2v) is 6.32. The van der Waals surface area contributed by atoms with Gasteiger partial charge < -0.3 is 10.6 Å². The highest BCUT2D eigenvalue weighted by Crippen LogP contribution is 2.32. The van der Waals surface area contributed by atoms with Gasteiger partial charge in [-0.3, -0.25) is 0 Å². The van der Waals surface area contributed by atoms with Gasteiger partial charge in [-0.15, -0.1) is 0 Å². The second kappa shape index (κ2) is 6.53. The summed E-state index contributed by atoms with van der Waals surface area (Å²) in [7, 11) is 2.17. The Labute approximate surface area is 134 Å². The van der Waals surface area contributed by atoms with E-state index in [2.05, 4.69) is 61.3 Å². The summed E-state index contributed by atoms with van der Waals surface area (Å²) in [5.74, 6) is 0.590. The van der Waals surface area contributed by atoms with Gasteiger partial charge in [-0.05, 0) is 66.1 Å². The molecule has 2 nitrogen and oxygen atoms in total. The summed E-state index contributed by atoms with van der Waals surface area (Å²) in [5, 5.41) is 0. The summed E-state index contributed by atoms with van der Waals surface area (Å²) >= 11 is 0. The van der Waals surface area contributed by atoms with Crippen LogP contribution in [0.5, 0.6) is 0 Å².